The van der Waals surface area contributed by atoms with Crippen LogP contribution in [0.5, 0.6) is 11.6 Å². The van der Waals surface area contributed by atoms with Crippen LogP contribution in [0.25, 0.3) is 16.1 Å². The molecule has 1 aromatic heterocycles. The zero-order chi connectivity index (χ0) is 16.2. The molecule has 1 heterocycles. The monoisotopic (exact) mass is 307 g/mol. The van der Waals surface area contributed by atoms with Crippen molar-refractivity contribution in [2.75, 3.05) is 0 Å². The van der Waals surface area contributed by atoms with Gasteiger partial charge in [-0.1, -0.05) is 18.2 Å². The van der Waals surface area contributed by atoms with Crippen molar-refractivity contribution in [3.63, 3.8) is 0 Å². The summed E-state index contributed by atoms with van der Waals surface area (Å²) < 4.78 is 20.4. The quantitative estimate of drug-likeness (QED) is 0.631. The van der Waals surface area contributed by atoms with Crippen molar-refractivity contribution in [2.45, 2.75) is 13.5 Å². The summed E-state index contributed by atoms with van der Waals surface area (Å²) in [6, 6.07) is 15.0. The molecule has 0 aliphatic heterocycles. The lowest BCUT2D eigenvalue weighted by Gasteiger charge is -2.04. The maximum atomic E-state index is 12.9. The highest BCUT2D eigenvalue weighted by molar-refractivity contribution is 5.66. The summed E-state index contributed by atoms with van der Waals surface area (Å²) in [7, 11) is 0. The van der Waals surface area contributed by atoms with E-state index >= 15 is 0 Å². The summed E-state index contributed by atoms with van der Waals surface area (Å²) >= 11 is 0. The zero-order valence-corrected chi connectivity index (χ0v) is 12.5. The van der Waals surface area contributed by atoms with Crippen molar-refractivity contribution in [3.8, 4) is 22.9 Å². The van der Waals surface area contributed by atoms with Crippen molar-refractivity contribution in [2.24, 2.45) is 0 Å². The molecule has 0 amide bonds. The molecule has 0 N–H and O–H groups in total. The van der Waals surface area contributed by atoms with E-state index in [-0.39, 0.29) is 5.82 Å². The van der Waals surface area contributed by atoms with Crippen LogP contribution in [0.15, 0.2) is 54.6 Å². The van der Waals surface area contributed by atoms with Gasteiger partial charge in [0, 0.05) is 12.6 Å². The zero-order valence-electron chi connectivity index (χ0n) is 12.5. The van der Waals surface area contributed by atoms with Gasteiger partial charge in [0.15, 0.2) is 5.69 Å². The number of aromatic nitrogens is 2. The van der Waals surface area contributed by atoms with Gasteiger partial charge < -0.3 is 4.74 Å². The van der Waals surface area contributed by atoms with Gasteiger partial charge in [0.05, 0.1) is 12.3 Å². The highest BCUT2D eigenvalue weighted by Gasteiger charge is 2.11. The average molecular weight is 307 g/mol. The molecule has 0 atom stereocenters. The molecule has 0 saturated carbocycles. The highest BCUT2D eigenvalue weighted by Crippen LogP contribution is 2.29. The van der Waals surface area contributed by atoms with E-state index in [0.29, 0.717) is 23.9 Å². The molecule has 0 saturated heterocycles. The summed E-state index contributed by atoms with van der Waals surface area (Å²) in [5.41, 5.74) is 2.35. The van der Waals surface area contributed by atoms with E-state index in [1.807, 2.05) is 35.9 Å². The Labute approximate surface area is 133 Å². The average Bonchev–Trinajstić information content (AvgIpc) is 3.00. The molecule has 3 aromatic rings. The molecule has 0 unspecified atom stereocenters. The van der Waals surface area contributed by atoms with E-state index in [1.165, 1.54) is 12.1 Å². The molecular weight excluding hydrogens is 293 g/mol. The SMILES string of the molecule is [C-]#[N+]c1cccc(-c2cc(Oc3ccc(F)cc3)nn2CC)c1. The molecule has 4 nitrogen and oxygen atoms in total. The van der Waals surface area contributed by atoms with Gasteiger partial charge in [-0.3, -0.25) is 4.68 Å². The van der Waals surface area contributed by atoms with Gasteiger partial charge in [0.25, 0.3) is 0 Å². The minimum Gasteiger partial charge on any atom is -0.438 e. The topological polar surface area (TPSA) is 31.4 Å². The second-order valence-electron chi connectivity index (χ2n) is 4.90. The Morgan fingerprint density at radius 3 is 2.65 bits per heavy atom. The minimum atomic E-state index is -0.312. The standard InChI is InChI=1S/C18H14FN3O/c1-3-22-17(13-5-4-6-15(11-13)20-2)12-18(21-22)23-16-9-7-14(19)8-10-16/h4-12H,3H2,1H3. The fourth-order valence-electron chi connectivity index (χ4n) is 2.27. The molecule has 114 valence electrons. The van der Waals surface area contributed by atoms with Gasteiger partial charge in [0.1, 0.15) is 11.6 Å². The Kier molecular flexibility index (Phi) is 4.07. The lowest BCUT2D eigenvalue weighted by Crippen LogP contribution is -1.99. The number of hydrogen-bond donors (Lipinski definition) is 0. The third-order valence-corrected chi connectivity index (χ3v) is 3.36. The number of aryl methyl sites for hydroxylation is 1. The van der Waals surface area contributed by atoms with Crippen molar-refractivity contribution >= 4 is 5.69 Å². The molecule has 0 aliphatic rings. The van der Waals surface area contributed by atoms with Crippen molar-refractivity contribution in [1.82, 2.24) is 9.78 Å². The Hall–Kier alpha value is -3.13. The van der Waals surface area contributed by atoms with Gasteiger partial charge >= 0.3 is 0 Å². The number of ether oxygens (including phenoxy) is 1. The number of benzene rings is 2. The lowest BCUT2D eigenvalue weighted by atomic mass is 10.1. The number of hydrogen-bond acceptors (Lipinski definition) is 2. The van der Waals surface area contributed by atoms with Crippen LogP contribution in [0.1, 0.15) is 6.92 Å². The summed E-state index contributed by atoms with van der Waals surface area (Å²) in [6.07, 6.45) is 0. The molecule has 0 radical (unpaired) electrons. The predicted octanol–water partition coefficient (Wildman–Crippen LogP) is 5.05. The summed E-state index contributed by atoms with van der Waals surface area (Å²) in [6.45, 7) is 9.77. The maximum absolute atomic E-state index is 12.9. The Balaban J connectivity index is 1.94. The van der Waals surface area contributed by atoms with E-state index in [9.17, 15) is 4.39 Å². The van der Waals surface area contributed by atoms with Gasteiger partial charge in [-0.25, -0.2) is 9.24 Å². The second kappa shape index (κ2) is 6.32. The van der Waals surface area contributed by atoms with E-state index in [4.69, 9.17) is 11.3 Å². The van der Waals surface area contributed by atoms with Gasteiger partial charge in [-0.2, -0.15) is 0 Å². The van der Waals surface area contributed by atoms with Gasteiger partial charge in [-0.15, -0.1) is 5.10 Å². The predicted molar refractivity (Wildman–Crippen MR) is 86.1 cm³/mol. The maximum Gasteiger partial charge on any atom is 0.238 e. The number of rotatable bonds is 4. The second-order valence-corrected chi connectivity index (χ2v) is 4.90. The van der Waals surface area contributed by atoms with Crippen LogP contribution in [-0.4, -0.2) is 9.78 Å². The Morgan fingerprint density at radius 2 is 1.96 bits per heavy atom. The molecule has 0 spiro atoms. The van der Waals surface area contributed by atoms with Crippen LogP contribution in [0, 0.1) is 12.4 Å². The van der Waals surface area contributed by atoms with E-state index in [1.54, 1.807) is 18.2 Å². The van der Waals surface area contributed by atoms with Crippen molar-refractivity contribution < 1.29 is 9.13 Å². The molecule has 5 heteroatoms. The third kappa shape index (κ3) is 3.22. The smallest absolute Gasteiger partial charge is 0.238 e. The summed E-state index contributed by atoms with van der Waals surface area (Å²) in [4.78, 5) is 3.45. The lowest BCUT2D eigenvalue weighted by molar-refractivity contribution is 0.448. The number of nitrogens with zero attached hydrogens (tertiary/aromatic N) is 3. The van der Waals surface area contributed by atoms with Crippen LogP contribution in [0.3, 0.4) is 0 Å². The van der Waals surface area contributed by atoms with E-state index < -0.39 is 0 Å². The third-order valence-electron chi connectivity index (χ3n) is 3.36. The van der Waals surface area contributed by atoms with Crippen LogP contribution in [-0.2, 0) is 6.54 Å². The fourth-order valence-corrected chi connectivity index (χ4v) is 2.27. The molecule has 23 heavy (non-hydrogen) atoms. The van der Waals surface area contributed by atoms with E-state index in [2.05, 4.69) is 9.94 Å². The highest BCUT2D eigenvalue weighted by atomic mass is 19.1. The summed E-state index contributed by atoms with van der Waals surface area (Å²) in [5.74, 6) is 0.642. The molecule has 2 aromatic carbocycles. The van der Waals surface area contributed by atoms with Crippen molar-refractivity contribution in [1.29, 1.82) is 0 Å². The first-order valence-electron chi connectivity index (χ1n) is 7.19. The van der Waals surface area contributed by atoms with Gasteiger partial charge in [0.2, 0.25) is 5.88 Å². The number of halogens is 1. The normalized spacial score (nSPS) is 10.3. The molecule has 0 fully saturated rings. The molecular formula is C18H14FN3O. The van der Waals surface area contributed by atoms with E-state index in [0.717, 1.165) is 11.3 Å². The van der Waals surface area contributed by atoms with Gasteiger partial charge in [-0.05, 0) is 42.8 Å². The minimum absolute atomic E-state index is 0.312. The first-order valence-corrected chi connectivity index (χ1v) is 7.19. The summed E-state index contributed by atoms with van der Waals surface area (Å²) in [5, 5.41) is 4.40. The largest absolute Gasteiger partial charge is 0.438 e. The van der Waals surface area contributed by atoms with Crippen LogP contribution in [0.2, 0.25) is 0 Å². The fraction of sp³-hybridized carbons (Fsp3) is 0.111. The Morgan fingerprint density at radius 1 is 1.17 bits per heavy atom. The molecule has 0 aliphatic carbocycles. The van der Waals surface area contributed by atoms with Crippen LogP contribution >= 0.6 is 0 Å². The Bertz CT molecular complexity index is 863. The molecule has 0 bridgehead atoms. The first kappa shape index (κ1) is 14.8. The first-order chi connectivity index (χ1) is 11.2. The van der Waals surface area contributed by atoms with Crippen molar-refractivity contribution in [3.05, 3.63) is 71.8 Å². The molecule has 3 rings (SSSR count). The van der Waals surface area contributed by atoms with Crippen LogP contribution in [0.4, 0.5) is 10.1 Å². The van der Waals surface area contributed by atoms with Crippen LogP contribution < -0.4 is 4.74 Å².